The first-order valence-electron chi connectivity index (χ1n) is 4.43. The van der Waals surface area contributed by atoms with Gasteiger partial charge < -0.3 is 21.1 Å². The monoisotopic (exact) mass is 217 g/mol. The Hall–Kier alpha value is -0.460. The highest BCUT2D eigenvalue weighted by Crippen LogP contribution is 2.24. The van der Waals surface area contributed by atoms with E-state index < -0.39 is 12.2 Å². The topological polar surface area (TPSA) is 86.7 Å². The van der Waals surface area contributed by atoms with Crippen LogP contribution in [0.2, 0.25) is 0 Å². The Kier molecular flexibility index (Phi) is 4.50. The van der Waals surface area contributed by atoms with Crippen LogP contribution in [-0.4, -0.2) is 28.0 Å². The Bertz CT molecular complexity index is 277. The minimum atomic E-state index is -0.907. The Balaban J connectivity index is 2.63. The summed E-state index contributed by atoms with van der Waals surface area (Å²) in [6, 6.07) is 1.69. The maximum atomic E-state index is 9.65. The number of aliphatic hydroxyl groups is 3. The molecule has 4 nitrogen and oxygen atoms in total. The normalized spacial score (nSPS) is 15.4. The fourth-order valence-corrected chi connectivity index (χ4v) is 1.96. The molecule has 0 aromatic carbocycles. The Morgan fingerprint density at radius 2 is 2.14 bits per heavy atom. The van der Waals surface area contributed by atoms with Crippen LogP contribution in [0.15, 0.2) is 11.4 Å². The minimum Gasteiger partial charge on any atom is -0.391 e. The molecule has 2 atom stereocenters. The first-order chi connectivity index (χ1) is 6.69. The van der Waals surface area contributed by atoms with Crippen LogP contribution in [0, 0.1) is 0 Å². The summed E-state index contributed by atoms with van der Waals surface area (Å²) in [4.78, 5) is 0.777. The fourth-order valence-electron chi connectivity index (χ4n) is 1.19. The summed E-state index contributed by atoms with van der Waals surface area (Å²) in [5.41, 5.74) is 5.91. The number of nitrogens with two attached hydrogens (primary N) is 1. The Labute approximate surface area is 86.6 Å². The molecular formula is C9H15NO3S. The van der Waals surface area contributed by atoms with Crippen LogP contribution in [0.4, 0.5) is 0 Å². The number of hydrogen-bond acceptors (Lipinski definition) is 5. The molecular weight excluding hydrogens is 202 g/mol. The highest BCUT2D eigenvalue weighted by Gasteiger charge is 2.18. The molecule has 1 heterocycles. The zero-order valence-corrected chi connectivity index (χ0v) is 8.57. The van der Waals surface area contributed by atoms with Gasteiger partial charge in [-0.3, -0.25) is 0 Å². The predicted molar refractivity (Wildman–Crippen MR) is 54.9 cm³/mol. The third-order valence-corrected chi connectivity index (χ3v) is 2.94. The Morgan fingerprint density at radius 1 is 1.43 bits per heavy atom. The lowest BCUT2D eigenvalue weighted by molar-refractivity contribution is 0.0152. The maximum Gasteiger partial charge on any atom is 0.106 e. The molecule has 2 unspecified atom stereocenters. The van der Waals surface area contributed by atoms with Gasteiger partial charge in [-0.2, -0.15) is 0 Å². The van der Waals surface area contributed by atoms with Gasteiger partial charge >= 0.3 is 0 Å². The Morgan fingerprint density at radius 3 is 2.64 bits per heavy atom. The van der Waals surface area contributed by atoms with Crippen molar-refractivity contribution in [1.82, 2.24) is 0 Å². The van der Waals surface area contributed by atoms with Crippen molar-refractivity contribution in [2.45, 2.75) is 25.2 Å². The van der Waals surface area contributed by atoms with Gasteiger partial charge in [0.25, 0.3) is 0 Å². The van der Waals surface area contributed by atoms with Crippen LogP contribution >= 0.6 is 11.3 Å². The summed E-state index contributed by atoms with van der Waals surface area (Å²) in [5.74, 6) is 0. The molecule has 5 N–H and O–H groups in total. The SMILES string of the molecule is NCCC(O)C(O)c1csc(CO)c1. The molecule has 1 rings (SSSR count). The van der Waals surface area contributed by atoms with Gasteiger partial charge in [0, 0.05) is 4.88 Å². The molecule has 0 bridgehead atoms. The van der Waals surface area contributed by atoms with E-state index in [1.165, 1.54) is 11.3 Å². The molecule has 0 amide bonds. The van der Waals surface area contributed by atoms with Crippen LogP contribution in [0.3, 0.4) is 0 Å². The highest BCUT2D eigenvalue weighted by molar-refractivity contribution is 7.10. The summed E-state index contributed by atoms with van der Waals surface area (Å²) >= 11 is 1.36. The molecule has 14 heavy (non-hydrogen) atoms. The summed E-state index contributed by atoms with van der Waals surface area (Å²) < 4.78 is 0. The lowest BCUT2D eigenvalue weighted by Crippen LogP contribution is -2.21. The van der Waals surface area contributed by atoms with E-state index in [1.807, 2.05) is 0 Å². The van der Waals surface area contributed by atoms with Crippen molar-refractivity contribution in [2.75, 3.05) is 6.54 Å². The van der Waals surface area contributed by atoms with Crippen molar-refractivity contribution < 1.29 is 15.3 Å². The predicted octanol–water partition coefficient (Wildman–Crippen LogP) is -0.0165. The lowest BCUT2D eigenvalue weighted by Gasteiger charge is -2.15. The molecule has 0 radical (unpaired) electrons. The van der Waals surface area contributed by atoms with Gasteiger partial charge in [-0.15, -0.1) is 11.3 Å². The average Bonchev–Trinajstić information content (AvgIpc) is 2.65. The second-order valence-corrected chi connectivity index (χ2v) is 4.09. The number of rotatable bonds is 5. The molecule has 1 aromatic rings. The van der Waals surface area contributed by atoms with Gasteiger partial charge in [0.2, 0.25) is 0 Å². The van der Waals surface area contributed by atoms with Crippen molar-refractivity contribution >= 4 is 11.3 Å². The molecule has 5 heteroatoms. The quantitative estimate of drug-likeness (QED) is 0.558. The van der Waals surface area contributed by atoms with Crippen LogP contribution in [0.25, 0.3) is 0 Å². The van der Waals surface area contributed by atoms with E-state index in [0.717, 1.165) is 4.88 Å². The minimum absolute atomic E-state index is 0.0373. The van der Waals surface area contributed by atoms with Gasteiger partial charge in [0.05, 0.1) is 12.7 Å². The van der Waals surface area contributed by atoms with E-state index in [9.17, 15) is 10.2 Å². The molecule has 0 saturated carbocycles. The van der Waals surface area contributed by atoms with Gasteiger partial charge in [-0.25, -0.2) is 0 Å². The summed E-state index contributed by atoms with van der Waals surface area (Å²) in [6.07, 6.45) is -1.37. The van der Waals surface area contributed by atoms with E-state index in [1.54, 1.807) is 11.4 Å². The second-order valence-electron chi connectivity index (χ2n) is 3.09. The van der Waals surface area contributed by atoms with Crippen molar-refractivity contribution in [3.05, 3.63) is 21.9 Å². The zero-order valence-electron chi connectivity index (χ0n) is 7.76. The maximum absolute atomic E-state index is 9.65. The average molecular weight is 217 g/mol. The van der Waals surface area contributed by atoms with Crippen LogP contribution in [0.1, 0.15) is 23.0 Å². The smallest absolute Gasteiger partial charge is 0.106 e. The second kappa shape index (κ2) is 5.43. The van der Waals surface area contributed by atoms with Gasteiger partial charge in [0.15, 0.2) is 0 Å². The van der Waals surface area contributed by atoms with Crippen LogP contribution in [0.5, 0.6) is 0 Å². The van der Waals surface area contributed by atoms with Crippen molar-refractivity contribution in [1.29, 1.82) is 0 Å². The zero-order chi connectivity index (χ0) is 10.6. The molecule has 0 aliphatic heterocycles. The first kappa shape index (κ1) is 11.6. The molecule has 0 aliphatic carbocycles. The van der Waals surface area contributed by atoms with E-state index in [-0.39, 0.29) is 6.61 Å². The third kappa shape index (κ3) is 2.76. The van der Waals surface area contributed by atoms with E-state index in [0.29, 0.717) is 18.5 Å². The van der Waals surface area contributed by atoms with Gasteiger partial charge in [-0.1, -0.05) is 0 Å². The molecule has 0 fully saturated rings. The van der Waals surface area contributed by atoms with E-state index >= 15 is 0 Å². The molecule has 0 spiro atoms. The molecule has 0 saturated heterocycles. The van der Waals surface area contributed by atoms with Gasteiger partial charge in [0.1, 0.15) is 6.10 Å². The molecule has 80 valence electrons. The van der Waals surface area contributed by atoms with Crippen LogP contribution < -0.4 is 5.73 Å². The van der Waals surface area contributed by atoms with Gasteiger partial charge in [-0.05, 0) is 30.0 Å². The number of hydrogen-bond donors (Lipinski definition) is 4. The van der Waals surface area contributed by atoms with Crippen molar-refractivity contribution in [3.8, 4) is 0 Å². The van der Waals surface area contributed by atoms with Crippen LogP contribution in [-0.2, 0) is 6.61 Å². The molecule has 0 aliphatic rings. The van der Waals surface area contributed by atoms with E-state index in [2.05, 4.69) is 0 Å². The lowest BCUT2D eigenvalue weighted by atomic mass is 10.1. The highest BCUT2D eigenvalue weighted by atomic mass is 32.1. The van der Waals surface area contributed by atoms with E-state index in [4.69, 9.17) is 10.8 Å². The standard InChI is InChI=1S/C9H15NO3S/c10-2-1-8(12)9(13)6-3-7(4-11)14-5-6/h3,5,8-9,11-13H,1-2,4,10H2. The summed E-state index contributed by atoms with van der Waals surface area (Å²) in [5, 5.41) is 29.7. The first-order valence-corrected chi connectivity index (χ1v) is 5.31. The third-order valence-electron chi connectivity index (χ3n) is 2.00. The van der Waals surface area contributed by atoms with Crippen molar-refractivity contribution in [2.24, 2.45) is 5.73 Å². The number of aliphatic hydroxyl groups excluding tert-OH is 3. The molecule has 1 aromatic heterocycles. The fraction of sp³-hybridized carbons (Fsp3) is 0.556. The van der Waals surface area contributed by atoms with Crippen molar-refractivity contribution in [3.63, 3.8) is 0 Å². The summed E-state index contributed by atoms with van der Waals surface area (Å²) in [7, 11) is 0. The summed E-state index contributed by atoms with van der Waals surface area (Å²) in [6.45, 7) is 0.305. The number of thiophene rings is 1. The largest absolute Gasteiger partial charge is 0.391 e.